The van der Waals surface area contributed by atoms with E-state index in [2.05, 4.69) is 0 Å². The topological polar surface area (TPSA) is 184 Å². The summed E-state index contributed by atoms with van der Waals surface area (Å²) in [6, 6.07) is 4.45. The summed E-state index contributed by atoms with van der Waals surface area (Å²) in [6.07, 6.45) is -1.89. The number of aliphatic hydroxyl groups excluding tert-OH is 2. The number of carbonyl (C=O) groups is 4. The molecule has 1 saturated carbocycles. The molecule has 1 aromatic rings. The lowest BCUT2D eigenvalue weighted by atomic mass is 9.57. The van der Waals surface area contributed by atoms with E-state index >= 15 is 0 Å². The van der Waals surface area contributed by atoms with E-state index in [0.717, 1.165) is 0 Å². The Labute approximate surface area is 181 Å². The average molecular weight is 443 g/mol. The minimum Gasteiger partial charge on any atom is -0.508 e. The highest BCUT2D eigenvalue weighted by molar-refractivity contribution is 6.22. The van der Waals surface area contributed by atoms with Crippen molar-refractivity contribution < 1.29 is 44.3 Å². The van der Waals surface area contributed by atoms with Gasteiger partial charge >= 0.3 is 5.97 Å². The van der Waals surface area contributed by atoms with Crippen molar-refractivity contribution in [3.63, 3.8) is 0 Å². The summed E-state index contributed by atoms with van der Waals surface area (Å²) in [6.45, 7) is 1.53. The van der Waals surface area contributed by atoms with E-state index in [1.807, 2.05) is 0 Å². The maximum atomic E-state index is 13.5. The second-order valence-electron chi connectivity index (χ2n) is 8.11. The number of nitrogens with two attached hydrogens (primary N) is 1. The number of ether oxygens (including phenoxy) is 1. The largest absolute Gasteiger partial charge is 0.508 e. The quantitative estimate of drug-likeness (QED) is 0.325. The van der Waals surface area contributed by atoms with Crippen molar-refractivity contribution in [1.82, 2.24) is 0 Å². The molecule has 1 amide bonds. The summed E-state index contributed by atoms with van der Waals surface area (Å²) in [5.74, 6) is -8.66. The highest BCUT2D eigenvalue weighted by atomic mass is 16.5. The number of phenols is 1. The Bertz CT molecular complexity index is 1150. The van der Waals surface area contributed by atoms with Gasteiger partial charge in [0.25, 0.3) is 5.91 Å². The molecule has 0 unspecified atom stereocenters. The van der Waals surface area contributed by atoms with E-state index in [0.29, 0.717) is 5.56 Å². The standard InChI is InChI=1S/C22H21NO9/c1-2-13(26)32-18-9-6-8-4-3-5-11(24)14(8)17(27)15(9)19(28)22(31)10(18)7-12(25)16(20(22)29)21(23)30/h3-5,9-10,18,24,27,29,31H,2,6-7H2,1H3,(H2,23,30)/t9-,10-,18+,22+/m1/s1. The second-order valence-corrected chi connectivity index (χ2v) is 8.11. The van der Waals surface area contributed by atoms with Crippen molar-refractivity contribution in [2.75, 3.05) is 0 Å². The number of aliphatic hydroxyl groups is 3. The molecule has 0 aliphatic heterocycles. The number of ketones is 2. The molecule has 1 fully saturated rings. The van der Waals surface area contributed by atoms with Crippen molar-refractivity contribution >= 4 is 29.2 Å². The van der Waals surface area contributed by atoms with Gasteiger partial charge in [0.05, 0.1) is 5.56 Å². The Kier molecular flexibility index (Phi) is 4.85. The van der Waals surface area contributed by atoms with Crippen LogP contribution in [0.25, 0.3) is 5.76 Å². The molecule has 6 N–H and O–H groups in total. The van der Waals surface area contributed by atoms with Crippen molar-refractivity contribution in [3.8, 4) is 5.75 Å². The molecule has 0 bridgehead atoms. The molecule has 10 nitrogen and oxygen atoms in total. The highest BCUT2D eigenvalue weighted by Crippen LogP contribution is 2.52. The first kappa shape index (κ1) is 21.6. The van der Waals surface area contributed by atoms with Crippen molar-refractivity contribution in [3.05, 3.63) is 46.2 Å². The summed E-state index contributed by atoms with van der Waals surface area (Å²) in [5, 5.41) is 43.2. The van der Waals surface area contributed by atoms with Gasteiger partial charge in [-0.25, -0.2) is 0 Å². The molecule has 0 spiro atoms. The maximum absolute atomic E-state index is 13.5. The number of phenolic OH excluding ortho intramolecular Hbond substituents is 1. The predicted octanol–water partition coefficient (Wildman–Crippen LogP) is 0.356. The fraction of sp³-hybridized carbons (Fsp3) is 0.364. The van der Waals surface area contributed by atoms with Gasteiger partial charge in [0, 0.05) is 30.3 Å². The molecular weight excluding hydrogens is 422 g/mol. The lowest BCUT2D eigenvalue weighted by molar-refractivity contribution is -0.177. The van der Waals surface area contributed by atoms with E-state index in [4.69, 9.17) is 10.5 Å². The molecule has 4 rings (SSSR count). The van der Waals surface area contributed by atoms with Gasteiger partial charge in [-0.15, -0.1) is 0 Å². The molecule has 3 aliphatic rings. The number of hydrogen-bond donors (Lipinski definition) is 5. The first-order valence-corrected chi connectivity index (χ1v) is 10.0. The van der Waals surface area contributed by atoms with Crippen LogP contribution in [0.4, 0.5) is 0 Å². The molecule has 4 atom stereocenters. The predicted molar refractivity (Wildman–Crippen MR) is 107 cm³/mol. The van der Waals surface area contributed by atoms with E-state index in [1.165, 1.54) is 13.0 Å². The molecule has 168 valence electrons. The Balaban J connectivity index is 2.00. The van der Waals surface area contributed by atoms with Crippen LogP contribution in [-0.4, -0.2) is 55.6 Å². The van der Waals surface area contributed by atoms with Crippen molar-refractivity contribution in [2.24, 2.45) is 17.6 Å². The molecular formula is C22H21NO9. The van der Waals surface area contributed by atoms with E-state index in [1.54, 1.807) is 12.1 Å². The minimum atomic E-state index is -2.83. The molecule has 0 aromatic heterocycles. The summed E-state index contributed by atoms with van der Waals surface area (Å²) in [4.78, 5) is 50.0. The molecule has 0 heterocycles. The molecule has 0 radical (unpaired) electrons. The highest BCUT2D eigenvalue weighted by Gasteiger charge is 2.65. The number of amides is 1. The van der Waals surface area contributed by atoms with Crippen molar-refractivity contribution in [1.29, 1.82) is 0 Å². The number of carbonyl (C=O) groups excluding carboxylic acids is 4. The van der Waals surface area contributed by atoms with Crippen LogP contribution in [0.3, 0.4) is 0 Å². The van der Waals surface area contributed by atoms with Crippen LogP contribution < -0.4 is 5.73 Å². The van der Waals surface area contributed by atoms with E-state index < -0.39 is 70.5 Å². The maximum Gasteiger partial charge on any atom is 0.305 e. The van der Waals surface area contributed by atoms with Gasteiger partial charge in [0.2, 0.25) is 5.78 Å². The van der Waals surface area contributed by atoms with Gasteiger partial charge in [0.15, 0.2) is 11.4 Å². The number of hydrogen-bond acceptors (Lipinski definition) is 9. The Morgan fingerprint density at radius 1 is 1.19 bits per heavy atom. The van der Waals surface area contributed by atoms with Crippen LogP contribution in [0.15, 0.2) is 35.1 Å². The van der Waals surface area contributed by atoms with Gasteiger partial charge in [-0.1, -0.05) is 19.1 Å². The number of aromatic hydroxyl groups is 1. The Hall–Kier alpha value is -3.66. The van der Waals surface area contributed by atoms with Gasteiger partial charge < -0.3 is 30.9 Å². The number of fused-ring (bicyclic) bond motifs is 3. The fourth-order valence-electron chi connectivity index (χ4n) is 4.95. The number of primary amides is 1. The third-order valence-corrected chi connectivity index (χ3v) is 6.44. The first-order chi connectivity index (χ1) is 15.0. The average Bonchev–Trinajstić information content (AvgIpc) is 2.73. The van der Waals surface area contributed by atoms with Crippen LogP contribution in [0, 0.1) is 11.8 Å². The zero-order chi connectivity index (χ0) is 23.5. The molecule has 0 saturated heterocycles. The van der Waals surface area contributed by atoms with Gasteiger partial charge in [-0.2, -0.15) is 0 Å². The SMILES string of the molecule is CCC(=O)O[C@H]1[C@@H]2Cc3cccc(O)c3C(O)=C2C(=O)[C@]2(O)C(O)=C(C(N)=O)C(=O)C[C@H]12. The second kappa shape index (κ2) is 7.20. The normalized spacial score (nSPS) is 29.2. The third kappa shape index (κ3) is 2.76. The van der Waals surface area contributed by atoms with Crippen LogP contribution in [0.1, 0.15) is 30.9 Å². The summed E-state index contributed by atoms with van der Waals surface area (Å²) < 4.78 is 5.52. The Morgan fingerprint density at radius 2 is 1.88 bits per heavy atom. The lowest BCUT2D eigenvalue weighted by Crippen LogP contribution is -2.64. The van der Waals surface area contributed by atoms with E-state index in [9.17, 15) is 39.6 Å². The van der Waals surface area contributed by atoms with Gasteiger partial charge in [0.1, 0.15) is 28.9 Å². The van der Waals surface area contributed by atoms with Crippen LogP contribution in [0.5, 0.6) is 5.75 Å². The summed E-state index contributed by atoms with van der Waals surface area (Å²) >= 11 is 0. The van der Waals surface area contributed by atoms with Crippen LogP contribution in [0.2, 0.25) is 0 Å². The number of benzene rings is 1. The molecule has 32 heavy (non-hydrogen) atoms. The molecule has 10 heteroatoms. The zero-order valence-electron chi connectivity index (χ0n) is 17.0. The van der Waals surface area contributed by atoms with Gasteiger partial charge in [-0.3, -0.25) is 19.2 Å². The molecule has 3 aliphatic carbocycles. The number of esters is 1. The third-order valence-electron chi connectivity index (χ3n) is 6.44. The Morgan fingerprint density at radius 3 is 2.50 bits per heavy atom. The zero-order valence-corrected chi connectivity index (χ0v) is 17.0. The number of Topliss-reactive ketones (excluding diaryl/α,β-unsaturated/α-hetero) is 2. The first-order valence-electron chi connectivity index (χ1n) is 10.0. The lowest BCUT2D eigenvalue weighted by Gasteiger charge is -2.49. The van der Waals surface area contributed by atoms with Gasteiger partial charge in [-0.05, 0) is 18.1 Å². The van der Waals surface area contributed by atoms with Crippen LogP contribution in [-0.2, 0) is 30.3 Å². The molecule has 1 aromatic carbocycles. The number of rotatable bonds is 3. The van der Waals surface area contributed by atoms with E-state index in [-0.39, 0.29) is 29.7 Å². The fourth-order valence-corrected chi connectivity index (χ4v) is 4.95. The van der Waals surface area contributed by atoms with Crippen LogP contribution >= 0.6 is 0 Å². The smallest absolute Gasteiger partial charge is 0.305 e. The summed E-state index contributed by atoms with van der Waals surface area (Å²) in [5.41, 5.74) is 1.48. The summed E-state index contributed by atoms with van der Waals surface area (Å²) in [7, 11) is 0. The van der Waals surface area contributed by atoms with Crippen molar-refractivity contribution in [2.45, 2.75) is 37.9 Å². The minimum absolute atomic E-state index is 0.0276. The monoisotopic (exact) mass is 443 g/mol.